The van der Waals surface area contributed by atoms with Gasteiger partial charge < -0.3 is 9.73 Å². The van der Waals surface area contributed by atoms with Crippen molar-refractivity contribution in [3.8, 4) is 11.4 Å². The summed E-state index contributed by atoms with van der Waals surface area (Å²) in [7, 11) is 0. The van der Waals surface area contributed by atoms with E-state index in [1.165, 1.54) is 12.7 Å². The summed E-state index contributed by atoms with van der Waals surface area (Å²) in [5.74, 6) is 1.09. The van der Waals surface area contributed by atoms with Crippen molar-refractivity contribution < 1.29 is 9.21 Å². The van der Waals surface area contributed by atoms with Crippen molar-refractivity contribution in [3.63, 3.8) is 0 Å². The topological polar surface area (TPSA) is 110 Å². The summed E-state index contributed by atoms with van der Waals surface area (Å²) >= 11 is 0. The number of rotatable bonds is 4. The molecule has 0 radical (unpaired) electrons. The lowest BCUT2D eigenvalue weighted by Gasteiger charge is -2.21. The zero-order valence-electron chi connectivity index (χ0n) is 12.2. The normalized spacial score (nSPS) is 14.4. The van der Waals surface area contributed by atoms with E-state index in [2.05, 4.69) is 30.9 Å². The minimum atomic E-state index is -0.324. The van der Waals surface area contributed by atoms with Crippen LogP contribution in [0, 0.1) is 0 Å². The number of tetrazole rings is 1. The zero-order valence-corrected chi connectivity index (χ0v) is 12.2. The number of nitrogens with one attached hydrogen (secondary N) is 2. The summed E-state index contributed by atoms with van der Waals surface area (Å²) < 4.78 is 5.42. The smallest absolute Gasteiger partial charge is 0.277 e. The van der Waals surface area contributed by atoms with Crippen LogP contribution in [-0.4, -0.2) is 31.5 Å². The molecule has 8 heteroatoms. The van der Waals surface area contributed by atoms with Crippen LogP contribution in [0.5, 0.6) is 0 Å². The number of H-pyrrole nitrogens is 1. The minimum Gasteiger partial charge on any atom is -0.448 e. The van der Waals surface area contributed by atoms with Gasteiger partial charge in [0.05, 0.1) is 5.69 Å². The number of aromatic amines is 1. The Kier molecular flexibility index (Phi) is 3.34. The van der Waals surface area contributed by atoms with Gasteiger partial charge in [0, 0.05) is 11.5 Å². The maximum Gasteiger partial charge on any atom is 0.277 e. The van der Waals surface area contributed by atoms with Crippen LogP contribution >= 0.6 is 0 Å². The fraction of sp³-hybridized carbons (Fsp3) is 0.267. The third kappa shape index (κ3) is 2.59. The first-order valence-corrected chi connectivity index (χ1v) is 7.41. The Balaban J connectivity index is 1.56. The maximum atomic E-state index is 12.4. The second-order valence-electron chi connectivity index (χ2n) is 5.43. The van der Waals surface area contributed by atoms with Gasteiger partial charge in [0.2, 0.25) is 5.82 Å². The first-order valence-electron chi connectivity index (χ1n) is 7.41. The number of hydrogen-bond acceptors (Lipinski definition) is 6. The van der Waals surface area contributed by atoms with E-state index in [9.17, 15) is 4.79 Å². The number of benzene rings is 1. The first-order chi connectivity index (χ1) is 11.3. The summed E-state index contributed by atoms with van der Waals surface area (Å²) in [4.78, 5) is 16.7. The summed E-state index contributed by atoms with van der Waals surface area (Å²) in [6, 6.07) is 7.24. The number of amides is 1. The highest BCUT2D eigenvalue weighted by molar-refractivity contribution is 6.04. The van der Waals surface area contributed by atoms with Crippen molar-refractivity contribution in [2.75, 3.05) is 5.32 Å². The van der Waals surface area contributed by atoms with Crippen molar-refractivity contribution in [2.45, 2.75) is 25.2 Å². The van der Waals surface area contributed by atoms with E-state index in [0.717, 1.165) is 12.8 Å². The molecule has 116 valence electrons. The molecule has 0 atom stereocenters. The fourth-order valence-electron chi connectivity index (χ4n) is 2.48. The van der Waals surface area contributed by atoms with Gasteiger partial charge in [0.1, 0.15) is 6.26 Å². The van der Waals surface area contributed by atoms with Crippen LogP contribution in [0.25, 0.3) is 11.4 Å². The van der Waals surface area contributed by atoms with Crippen LogP contribution in [-0.2, 0) is 0 Å². The molecule has 3 aromatic rings. The molecule has 1 amide bonds. The van der Waals surface area contributed by atoms with Crippen LogP contribution in [0.2, 0.25) is 0 Å². The van der Waals surface area contributed by atoms with Crippen molar-refractivity contribution in [2.24, 2.45) is 0 Å². The second kappa shape index (κ2) is 5.64. The first kappa shape index (κ1) is 13.6. The van der Waals surface area contributed by atoms with Crippen LogP contribution < -0.4 is 5.32 Å². The van der Waals surface area contributed by atoms with Crippen LogP contribution in [0.15, 0.2) is 34.9 Å². The molecule has 0 spiro atoms. The predicted molar refractivity (Wildman–Crippen MR) is 80.7 cm³/mol. The van der Waals surface area contributed by atoms with Gasteiger partial charge >= 0.3 is 0 Å². The molecule has 0 unspecified atom stereocenters. The maximum absolute atomic E-state index is 12.4. The SMILES string of the molecule is O=C(Nc1ccccc1-c1nn[nH]n1)c1coc(C2CCC2)n1. The van der Waals surface area contributed by atoms with Gasteiger partial charge in [0.25, 0.3) is 5.91 Å². The van der Waals surface area contributed by atoms with Crippen LogP contribution in [0.3, 0.4) is 0 Å². The van der Waals surface area contributed by atoms with Crippen molar-refractivity contribution in [3.05, 3.63) is 42.1 Å². The van der Waals surface area contributed by atoms with E-state index in [1.807, 2.05) is 18.2 Å². The Hall–Kier alpha value is -3.03. The molecule has 2 heterocycles. The molecule has 8 nitrogen and oxygen atoms in total. The Morgan fingerprint density at radius 2 is 2.17 bits per heavy atom. The number of nitrogens with zero attached hydrogens (tertiary/aromatic N) is 4. The Morgan fingerprint density at radius 1 is 1.30 bits per heavy atom. The van der Waals surface area contributed by atoms with Crippen molar-refractivity contribution in [1.82, 2.24) is 25.6 Å². The summed E-state index contributed by atoms with van der Waals surface area (Å²) in [6.07, 6.45) is 4.73. The third-order valence-corrected chi connectivity index (χ3v) is 3.97. The molecule has 4 rings (SSSR count). The molecule has 2 N–H and O–H groups in total. The van der Waals surface area contributed by atoms with E-state index in [1.54, 1.807) is 6.07 Å². The number of para-hydroxylation sites is 1. The van der Waals surface area contributed by atoms with Gasteiger partial charge in [0.15, 0.2) is 11.6 Å². The van der Waals surface area contributed by atoms with Crippen LogP contribution in [0.1, 0.15) is 41.6 Å². The number of aromatic nitrogens is 5. The number of carbonyl (C=O) groups excluding carboxylic acids is 1. The average Bonchev–Trinajstić information content (AvgIpc) is 3.17. The highest BCUT2D eigenvalue weighted by Crippen LogP contribution is 2.35. The molecule has 0 aliphatic heterocycles. The standard InChI is InChI=1S/C15H14N6O2/c22-14(12-8-23-15(17-12)9-4-3-5-9)16-11-7-2-1-6-10(11)13-18-20-21-19-13/h1-2,6-9H,3-5H2,(H,16,22)(H,18,19,20,21). The van der Waals surface area contributed by atoms with Gasteiger partial charge in [-0.05, 0) is 30.2 Å². The molecule has 1 aromatic carbocycles. The Bertz CT molecular complexity index is 822. The lowest BCUT2D eigenvalue weighted by Crippen LogP contribution is -2.14. The highest BCUT2D eigenvalue weighted by atomic mass is 16.3. The number of oxazole rings is 1. The molecule has 0 saturated heterocycles. The van der Waals surface area contributed by atoms with Gasteiger partial charge in [-0.1, -0.05) is 18.6 Å². The summed E-state index contributed by atoms with van der Waals surface area (Å²) in [5, 5.41) is 16.6. The molecule has 1 aliphatic carbocycles. The van der Waals surface area contributed by atoms with E-state index in [0.29, 0.717) is 28.9 Å². The minimum absolute atomic E-state index is 0.273. The van der Waals surface area contributed by atoms with Crippen LogP contribution in [0.4, 0.5) is 5.69 Å². The molecular formula is C15H14N6O2. The van der Waals surface area contributed by atoms with Gasteiger partial charge in [-0.2, -0.15) is 5.21 Å². The number of anilines is 1. The molecule has 1 aliphatic rings. The fourth-order valence-corrected chi connectivity index (χ4v) is 2.48. The third-order valence-electron chi connectivity index (χ3n) is 3.97. The van der Waals surface area contributed by atoms with Gasteiger partial charge in [-0.3, -0.25) is 4.79 Å². The summed E-state index contributed by atoms with van der Waals surface area (Å²) in [5.41, 5.74) is 1.54. The zero-order chi connectivity index (χ0) is 15.6. The summed E-state index contributed by atoms with van der Waals surface area (Å²) in [6.45, 7) is 0. The van der Waals surface area contributed by atoms with Gasteiger partial charge in [-0.15, -0.1) is 10.2 Å². The van der Waals surface area contributed by atoms with E-state index in [-0.39, 0.29) is 11.6 Å². The molecule has 23 heavy (non-hydrogen) atoms. The average molecular weight is 310 g/mol. The number of carbonyl (C=O) groups is 1. The quantitative estimate of drug-likeness (QED) is 0.765. The van der Waals surface area contributed by atoms with E-state index in [4.69, 9.17) is 4.42 Å². The molecule has 1 fully saturated rings. The molecule has 0 bridgehead atoms. The van der Waals surface area contributed by atoms with Crippen molar-refractivity contribution in [1.29, 1.82) is 0 Å². The van der Waals surface area contributed by atoms with E-state index < -0.39 is 0 Å². The predicted octanol–water partition coefficient (Wildman–Crippen LogP) is 2.37. The van der Waals surface area contributed by atoms with Gasteiger partial charge in [-0.25, -0.2) is 4.98 Å². The Labute approximate surface area is 131 Å². The molecular weight excluding hydrogens is 296 g/mol. The lowest BCUT2D eigenvalue weighted by atomic mass is 9.85. The number of hydrogen-bond donors (Lipinski definition) is 2. The molecule has 2 aromatic heterocycles. The lowest BCUT2D eigenvalue weighted by molar-refractivity contribution is 0.102. The highest BCUT2D eigenvalue weighted by Gasteiger charge is 2.25. The molecule has 1 saturated carbocycles. The second-order valence-corrected chi connectivity index (χ2v) is 5.43. The van der Waals surface area contributed by atoms with E-state index >= 15 is 0 Å². The monoisotopic (exact) mass is 310 g/mol. The Morgan fingerprint density at radius 3 is 2.91 bits per heavy atom. The van der Waals surface area contributed by atoms with Crippen molar-refractivity contribution >= 4 is 11.6 Å². The largest absolute Gasteiger partial charge is 0.448 e.